The second kappa shape index (κ2) is 15.4. The summed E-state index contributed by atoms with van der Waals surface area (Å²) in [6.07, 6.45) is -10.5. The predicted molar refractivity (Wildman–Crippen MR) is 208 cm³/mol. The maximum atomic E-state index is 15.0. The maximum Gasteiger partial charge on any atom is 0.338 e. The largest absolute Gasteiger partial charge is 0.456 e. The van der Waals surface area contributed by atoms with Gasteiger partial charge in [0.05, 0.1) is 35.6 Å². The van der Waals surface area contributed by atoms with E-state index in [4.69, 9.17) is 18.9 Å². The number of ether oxygens (including phenoxy) is 4. The SMILES string of the molecule is CC(=O)O[C@@]12CO[C@@H]1C[C@@H](O)[C@@]1(C)C(=O)[C@H](O)C3=C(C)[C@@H](OC(=O)[C@H](O)[C@@H](NC(=O)c4ccccc4)c4ccccc4)C[C@@](O)([C@@H](OC(=O)c4ccccc4)[C@@H]21)C3(C)C. The van der Waals surface area contributed by atoms with Gasteiger partial charge in [-0.3, -0.25) is 14.4 Å². The summed E-state index contributed by atoms with van der Waals surface area (Å²) in [6.45, 7) is 6.89. The number of nitrogens with one attached hydrogen (secondary N) is 1. The number of carbonyl (C=O) groups excluding carboxylic acids is 5. The number of amides is 1. The smallest absolute Gasteiger partial charge is 0.338 e. The number of carbonyl (C=O) groups is 5. The lowest BCUT2D eigenvalue weighted by Crippen LogP contribution is -2.81. The van der Waals surface area contributed by atoms with E-state index in [9.17, 15) is 44.4 Å². The molecule has 59 heavy (non-hydrogen) atoms. The van der Waals surface area contributed by atoms with Crippen molar-refractivity contribution in [3.8, 4) is 0 Å². The van der Waals surface area contributed by atoms with Crippen LogP contribution in [0.5, 0.6) is 0 Å². The molecule has 0 aromatic heterocycles. The van der Waals surface area contributed by atoms with Crippen molar-refractivity contribution in [2.45, 2.75) is 101 Å². The standard InChI is InChI=1S/C45H49NO13/c1-24-29(57-41(54)35(50)33(26-15-9-6-10-16-26)46-39(52)27-17-11-7-12-18-27)22-45(55)38(58-40(53)28-19-13-8-14-20-28)36-43(5,37(51)34(49)32(24)42(45,3)4)30(48)21-31-44(36,23-56-31)59-25(2)47/h6-20,29-31,33-36,38,48-50,55H,21-23H2,1-5H3,(H,46,52)/t29-,30+,31+,33-,34+,35+,36+,38-,43+,44-,45+/m0/s1. The Morgan fingerprint density at radius 1 is 0.864 bits per heavy atom. The Bertz CT molecular complexity index is 2160. The molecule has 0 spiro atoms. The molecule has 1 heterocycles. The monoisotopic (exact) mass is 811 g/mol. The molecule has 0 radical (unpaired) electrons. The number of rotatable bonds is 9. The van der Waals surface area contributed by atoms with E-state index < -0.39 is 107 Å². The van der Waals surface area contributed by atoms with Gasteiger partial charge in [-0.05, 0) is 54.8 Å². The highest BCUT2D eigenvalue weighted by Crippen LogP contribution is 2.64. The minimum Gasteiger partial charge on any atom is -0.456 e. The fraction of sp³-hybridized carbons (Fsp3) is 0.444. The van der Waals surface area contributed by atoms with Gasteiger partial charge in [-0.2, -0.15) is 0 Å². The van der Waals surface area contributed by atoms with E-state index in [-0.39, 0.29) is 35.3 Å². The molecule has 14 heteroatoms. The average molecular weight is 812 g/mol. The third kappa shape index (κ3) is 6.76. The number of fused-ring (bicyclic) bond motifs is 5. The molecule has 3 aromatic rings. The van der Waals surface area contributed by atoms with Crippen molar-refractivity contribution in [2.24, 2.45) is 16.7 Å². The van der Waals surface area contributed by atoms with Gasteiger partial charge in [-0.1, -0.05) is 80.6 Å². The zero-order valence-electron chi connectivity index (χ0n) is 33.4. The first-order valence-electron chi connectivity index (χ1n) is 19.6. The minimum atomic E-state index is -2.35. The third-order valence-electron chi connectivity index (χ3n) is 13.2. The molecule has 1 saturated heterocycles. The lowest BCUT2D eigenvalue weighted by molar-refractivity contribution is -0.346. The van der Waals surface area contributed by atoms with Crippen LogP contribution in [0.2, 0.25) is 0 Å². The molecule has 1 aliphatic heterocycles. The third-order valence-corrected chi connectivity index (χ3v) is 13.2. The van der Waals surface area contributed by atoms with E-state index in [0.717, 1.165) is 6.92 Å². The zero-order valence-corrected chi connectivity index (χ0v) is 33.4. The molecule has 0 unspecified atom stereocenters. The van der Waals surface area contributed by atoms with Gasteiger partial charge < -0.3 is 44.7 Å². The number of benzene rings is 3. The molecule has 4 aliphatic rings. The van der Waals surface area contributed by atoms with Crippen LogP contribution in [0, 0.1) is 16.7 Å². The van der Waals surface area contributed by atoms with Crippen molar-refractivity contribution in [3.63, 3.8) is 0 Å². The summed E-state index contributed by atoms with van der Waals surface area (Å²) in [4.78, 5) is 69.5. The first-order valence-corrected chi connectivity index (χ1v) is 19.6. The second-order valence-corrected chi connectivity index (χ2v) is 16.8. The lowest BCUT2D eigenvalue weighted by Gasteiger charge is -2.67. The highest BCUT2D eigenvalue weighted by Gasteiger charge is 2.78. The molecule has 14 nitrogen and oxygen atoms in total. The Hall–Kier alpha value is -5.25. The number of hydrogen-bond donors (Lipinski definition) is 5. The van der Waals surface area contributed by atoms with Crippen LogP contribution in [0.15, 0.2) is 102 Å². The van der Waals surface area contributed by atoms with E-state index in [1.807, 2.05) is 0 Å². The minimum absolute atomic E-state index is 0.0540. The van der Waals surface area contributed by atoms with Crippen LogP contribution in [-0.4, -0.2) is 104 Å². The molecule has 3 aromatic carbocycles. The van der Waals surface area contributed by atoms with Crippen molar-refractivity contribution in [3.05, 3.63) is 119 Å². The molecule has 1 amide bonds. The maximum absolute atomic E-state index is 15.0. The molecule has 2 bridgehead atoms. The number of hydrogen-bond acceptors (Lipinski definition) is 13. The van der Waals surface area contributed by atoms with Gasteiger partial charge >= 0.3 is 17.9 Å². The van der Waals surface area contributed by atoms with Crippen LogP contribution in [0.4, 0.5) is 0 Å². The normalized spacial score (nSPS) is 33.0. The van der Waals surface area contributed by atoms with Crippen molar-refractivity contribution >= 4 is 29.6 Å². The van der Waals surface area contributed by atoms with Gasteiger partial charge in [0, 0.05) is 30.7 Å². The molecule has 3 fully saturated rings. The number of aliphatic hydroxyl groups excluding tert-OH is 3. The number of Topliss-reactive ketones (excluding diaryl/α,β-unsaturated/α-hetero) is 1. The molecule has 11 atom stereocenters. The topological polar surface area (TPSA) is 215 Å². The fourth-order valence-corrected chi connectivity index (χ4v) is 9.94. The lowest BCUT2D eigenvalue weighted by atomic mass is 9.44. The summed E-state index contributed by atoms with van der Waals surface area (Å²) in [5, 5.41) is 51.9. The highest BCUT2D eigenvalue weighted by atomic mass is 16.6. The molecular formula is C45H49NO13. The van der Waals surface area contributed by atoms with Gasteiger partial charge in [0.2, 0.25) is 0 Å². The van der Waals surface area contributed by atoms with Gasteiger partial charge in [0.1, 0.15) is 30.0 Å². The molecule has 312 valence electrons. The Morgan fingerprint density at radius 2 is 1.44 bits per heavy atom. The second-order valence-electron chi connectivity index (χ2n) is 16.8. The predicted octanol–water partition coefficient (Wildman–Crippen LogP) is 3.16. The van der Waals surface area contributed by atoms with Crippen molar-refractivity contribution in [1.29, 1.82) is 0 Å². The van der Waals surface area contributed by atoms with Crippen molar-refractivity contribution < 1.29 is 63.3 Å². The molecule has 5 N–H and O–H groups in total. The van der Waals surface area contributed by atoms with Crippen LogP contribution < -0.4 is 5.32 Å². The number of esters is 3. The first kappa shape index (κ1) is 41.9. The molecule has 7 rings (SSSR count). The van der Waals surface area contributed by atoms with E-state index in [1.54, 1.807) is 92.7 Å². The summed E-state index contributed by atoms with van der Waals surface area (Å²) in [5.74, 6) is -5.89. The first-order chi connectivity index (χ1) is 27.9. The molecule has 3 aliphatic carbocycles. The summed E-state index contributed by atoms with van der Waals surface area (Å²) >= 11 is 0. The zero-order chi connectivity index (χ0) is 42.7. The van der Waals surface area contributed by atoms with Crippen LogP contribution in [-0.2, 0) is 33.3 Å². The van der Waals surface area contributed by atoms with Crippen LogP contribution in [0.3, 0.4) is 0 Å². The number of aliphatic hydroxyl groups is 4. The number of ketones is 1. The molecular weight excluding hydrogens is 762 g/mol. The van der Waals surface area contributed by atoms with Crippen LogP contribution in [0.25, 0.3) is 0 Å². The van der Waals surface area contributed by atoms with Gasteiger partial charge in [0.25, 0.3) is 5.91 Å². The van der Waals surface area contributed by atoms with Gasteiger partial charge in [0.15, 0.2) is 17.5 Å². The Balaban J connectivity index is 1.34. The highest BCUT2D eigenvalue weighted by molar-refractivity contribution is 5.95. The van der Waals surface area contributed by atoms with E-state index in [0.29, 0.717) is 5.56 Å². The quantitative estimate of drug-likeness (QED) is 0.120. The fourth-order valence-electron chi connectivity index (χ4n) is 9.94. The van der Waals surface area contributed by atoms with Gasteiger partial charge in [-0.25, -0.2) is 9.59 Å². The van der Waals surface area contributed by atoms with Crippen LogP contribution >= 0.6 is 0 Å². The summed E-state index contributed by atoms with van der Waals surface area (Å²) < 4.78 is 24.2. The average Bonchev–Trinajstić information content (AvgIpc) is 3.21. The van der Waals surface area contributed by atoms with Crippen molar-refractivity contribution in [1.82, 2.24) is 5.32 Å². The Morgan fingerprint density at radius 3 is 2.00 bits per heavy atom. The van der Waals surface area contributed by atoms with E-state index in [1.165, 1.54) is 26.0 Å². The van der Waals surface area contributed by atoms with Crippen LogP contribution in [0.1, 0.15) is 79.8 Å². The van der Waals surface area contributed by atoms with E-state index >= 15 is 0 Å². The Kier molecular flexibility index (Phi) is 10.9. The molecule has 2 saturated carbocycles. The summed E-state index contributed by atoms with van der Waals surface area (Å²) in [7, 11) is 0. The summed E-state index contributed by atoms with van der Waals surface area (Å²) in [6, 6.07) is 23.1. The Labute approximate surface area is 341 Å². The van der Waals surface area contributed by atoms with Crippen molar-refractivity contribution in [2.75, 3.05) is 6.61 Å². The van der Waals surface area contributed by atoms with E-state index in [2.05, 4.69) is 5.32 Å². The summed E-state index contributed by atoms with van der Waals surface area (Å²) in [5.41, 5.74) is -6.86. The van der Waals surface area contributed by atoms with Gasteiger partial charge in [-0.15, -0.1) is 0 Å².